The van der Waals surface area contributed by atoms with Gasteiger partial charge in [-0.3, -0.25) is 4.79 Å². The van der Waals surface area contributed by atoms with Crippen LogP contribution < -0.4 is 5.32 Å². The second kappa shape index (κ2) is 10.3. The number of aromatic nitrogens is 1. The van der Waals surface area contributed by atoms with E-state index in [0.29, 0.717) is 28.6 Å². The Balaban J connectivity index is 1.82. The van der Waals surface area contributed by atoms with E-state index in [1.54, 1.807) is 29.8 Å². The Morgan fingerprint density at radius 1 is 1.18 bits per heavy atom. The van der Waals surface area contributed by atoms with E-state index in [4.69, 9.17) is 0 Å². The van der Waals surface area contributed by atoms with Crippen LogP contribution in [0.15, 0.2) is 58.9 Å². The van der Waals surface area contributed by atoms with E-state index in [1.165, 1.54) is 29.2 Å². The molecule has 3 nitrogen and oxygen atoms in total. The zero-order chi connectivity index (χ0) is 23.4. The predicted molar refractivity (Wildman–Crippen MR) is 129 cm³/mol. The minimum absolute atomic E-state index is 0.0925. The van der Waals surface area contributed by atoms with Gasteiger partial charge in [0.05, 0.1) is 11.5 Å². The largest absolute Gasteiger partial charge is 0.417 e. The number of carbonyl (C=O) groups is 1. The van der Waals surface area contributed by atoms with Crippen LogP contribution in [0.4, 0.5) is 18.3 Å². The molecule has 1 unspecified atom stereocenters. The number of hydrogen-bond acceptors (Lipinski definition) is 4. The van der Waals surface area contributed by atoms with Gasteiger partial charge in [0, 0.05) is 16.5 Å². The number of alkyl halides is 3. The van der Waals surface area contributed by atoms with Crippen molar-refractivity contribution in [3.63, 3.8) is 0 Å². The molecule has 1 saturated carbocycles. The highest BCUT2D eigenvalue weighted by atomic mass is 32.2. The molecule has 0 aliphatic heterocycles. The first-order valence-corrected chi connectivity index (χ1v) is 13.0. The Kier molecular flexibility index (Phi) is 7.44. The third-order valence-corrected chi connectivity index (χ3v) is 7.61. The van der Waals surface area contributed by atoms with Crippen LogP contribution in [0.2, 0.25) is 0 Å². The zero-order valence-corrected chi connectivity index (χ0v) is 19.8. The van der Waals surface area contributed by atoms with Gasteiger partial charge in [0.25, 0.3) is 0 Å². The van der Waals surface area contributed by atoms with Gasteiger partial charge in [-0.1, -0.05) is 49.9 Å². The second-order valence-electron chi connectivity index (χ2n) is 8.26. The van der Waals surface area contributed by atoms with Crippen LogP contribution in [-0.2, 0) is 11.0 Å². The Labute approximate surface area is 199 Å². The minimum Gasteiger partial charge on any atom is -0.301 e. The second-order valence-corrected chi connectivity index (χ2v) is 10.0. The van der Waals surface area contributed by atoms with Gasteiger partial charge in [-0.05, 0) is 53.5 Å². The first kappa shape index (κ1) is 23.8. The minimum atomic E-state index is -4.53. The highest BCUT2D eigenvalue weighted by Crippen LogP contribution is 2.44. The summed E-state index contributed by atoms with van der Waals surface area (Å²) in [7, 11) is 0. The number of benzene rings is 2. The van der Waals surface area contributed by atoms with E-state index < -0.39 is 17.7 Å². The number of nitrogens with zero attached hydrogens (tertiary/aromatic N) is 1. The highest BCUT2D eigenvalue weighted by Gasteiger charge is 2.37. The summed E-state index contributed by atoms with van der Waals surface area (Å²) in [6, 6.07) is 11.3. The summed E-state index contributed by atoms with van der Waals surface area (Å²) in [5, 5.41) is 5.04. The normalized spacial score (nSPS) is 15.5. The smallest absolute Gasteiger partial charge is 0.301 e. The van der Waals surface area contributed by atoms with Gasteiger partial charge in [-0.15, -0.1) is 23.1 Å². The fourth-order valence-electron chi connectivity index (χ4n) is 4.61. The SMILES string of the molecule is CSc1ccc(-c2c(C(CC3CCCC3)C(=O)Nc3nccs3)cccc2C(F)(F)F)cc1. The molecule has 8 heteroatoms. The molecule has 0 radical (unpaired) electrons. The number of thioether (sulfide) groups is 1. The number of amides is 1. The fraction of sp³-hybridized carbons (Fsp3) is 0.360. The molecule has 1 fully saturated rings. The van der Waals surface area contributed by atoms with Crippen LogP contribution >= 0.6 is 23.1 Å². The molecule has 2 aromatic carbocycles. The monoisotopic (exact) mass is 490 g/mol. The maximum Gasteiger partial charge on any atom is 0.417 e. The number of halogens is 3. The van der Waals surface area contributed by atoms with E-state index in [1.807, 2.05) is 18.4 Å². The van der Waals surface area contributed by atoms with Gasteiger partial charge in [0.2, 0.25) is 5.91 Å². The first-order chi connectivity index (χ1) is 15.9. The summed E-state index contributed by atoms with van der Waals surface area (Å²) in [4.78, 5) is 18.5. The van der Waals surface area contributed by atoms with E-state index in [-0.39, 0.29) is 11.5 Å². The topological polar surface area (TPSA) is 42.0 Å². The van der Waals surface area contributed by atoms with Crippen LogP contribution in [0.1, 0.15) is 49.1 Å². The standard InChI is InChI=1S/C25H25F3N2OS2/c1-32-18-11-9-17(10-12-18)22-19(7-4-8-21(22)25(26,27)28)20(15-16-5-2-3-6-16)23(31)30-24-29-13-14-33-24/h4,7-14,16,20H,2-3,5-6,15H2,1H3,(H,29,30,31). The molecule has 1 atom stereocenters. The van der Waals surface area contributed by atoms with Crippen molar-refractivity contribution in [1.82, 2.24) is 4.98 Å². The van der Waals surface area contributed by atoms with Crippen molar-refractivity contribution in [2.75, 3.05) is 11.6 Å². The summed E-state index contributed by atoms with van der Waals surface area (Å²) in [6.45, 7) is 0. The molecule has 4 rings (SSSR count). The number of nitrogens with one attached hydrogen (secondary N) is 1. The van der Waals surface area contributed by atoms with Gasteiger partial charge < -0.3 is 5.32 Å². The van der Waals surface area contributed by atoms with Crippen LogP contribution in [0, 0.1) is 5.92 Å². The van der Waals surface area contributed by atoms with Crippen LogP contribution in [0.5, 0.6) is 0 Å². The molecule has 174 valence electrons. The average Bonchev–Trinajstić information content (AvgIpc) is 3.51. The molecule has 33 heavy (non-hydrogen) atoms. The van der Waals surface area contributed by atoms with Crippen molar-refractivity contribution >= 4 is 34.1 Å². The van der Waals surface area contributed by atoms with E-state index in [0.717, 1.165) is 36.6 Å². The van der Waals surface area contributed by atoms with Gasteiger partial charge in [0.1, 0.15) is 0 Å². The predicted octanol–water partition coefficient (Wildman–Crippen LogP) is 7.85. The molecule has 1 amide bonds. The summed E-state index contributed by atoms with van der Waals surface area (Å²) in [5.74, 6) is -0.689. The molecule has 3 aromatic rings. The molecule has 1 heterocycles. The Bertz CT molecular complexity index is 1080. The quantitative estimate of drug-likeness (QED) is 0.343. The first-order valence-electron chi connectivity index (χ1n) is 10.9. The number of rotatable bonds is 7. The molecule has 1 aliphatic rings. The zero-order valence-electron chi connectivity index (χ0n) is 18.2. The van der Waals surface area contributed by atoms with Crippen molar-refractivity contribution in [2.24, 2.45) is 5.92 Å². The van der Waals surface area contributed by atoms with E-state index >= 15 is 0 Å². The van der Waals surface area contributed by atoms with Gasteiger partial charge in [-0.2, -0.15) is 13.2 Å². The molecular formula is C25H25F3N2OS2. The van der Waals surface area contributed by atoms with Crippen molar-refractivity contribution in [3.05, 3.63) is 65.2 Å². The van der Waals surface area contributed by atoms with Crippen molar-refractivity contribution in [1.29, 1.82) is 0 Å². The molecule has 0 spiro atoms. The van der Waals surface area contributed by atoms with Crippen LogP contribution in [0.3, 0.4) is 0 Å². The summed E-state index contributed by atoms with van der Waals surface area (Å²) >= 11 is 2.82. The van der Waals surface area contributed by atoms with E-state index in [2.05, 4.69) is 10.3 Å². The third kappa shape index (κ3) is 5.61. The van der Waals surface area contributed by atoms with Crippen molar-refractivity contribution in [3.8, 4) is 11.1 Å². The Morgan fingerprint density at radius 3 is 2.52 bits per heavy atom. The summed E-state index contributed by atoms with van der Waals surface area (Å²) in [5.41, 5.74) is 0.266. The van der Waals surface area contributed by atoms with Gasteiger partial charge in [-0.25, -0.2) is 4.98 Å². The number of anilines is 1. The Morgan fingerprint density at radius 2 is 1.91 bits per heavy atom. The Hall–Kier alpha value is -2.32. The summed E-state index contributed by atoms with van der Waals surface area (Å²) < 4.78 is 42.4. The van der Waals surface area contributed by atoms with Crippen LogP contribution in [-0.4, -0.2) is 17.1 Å². The van der Waals surface area contributed by atoms with Crippen molar-refractivity contribution in [2.45, 2.75) is 49.1 Å². The lowest BCUT2D eigenvalue weighted by Crippen LogP contribution is -2.24. The fourth-order valence-corrected chi connectivity index (χ4v) is 5.55. The van der Waals surface area contributed by atoms with Crippen LogP contribution in [0.25, 0.3) is 11.1 Å². The molecule has 1 N–H and O–H groups in total. The number of thiazole rings is 1. The molecule has 0 bridgehead atoms. The summed E-state index contributed by atoms with van der Waals surface area (Å²) in [6.07, 6.45) is 3.69. The lowest BCUT2D eigenvalue weighted by molar-refractivity contribution is -0.137. The van der Waals surface area contributed by atoms with Gasteiger partial charge in [0.15, 0.2) is 5.13 Å². The maximum absolute atomic E-state index is 14.1. The lowest BCUT2D eigenvalue weighted by atomic mass is 9.81. The molecule has 1 aromatic heterocycles. The average molecular weight is 491 g/mol. The maximum atomic E-state index is 14.1. The molecular weight excluding hydrogens is 465 g/mol. The third-order valence-electron chi connectivity index (χ3n) is 6.18. The number of hydrogen-bond donors (Lipinski definition) is 1. The van der Waals surface area contributed by atoms with Gasteiger partial charge >= 0.3 is 6.18 Å². The lowest BCUT2D eigenvalue weighted by Gasteiger charge is -2.25. The van der Waals surface area contributed by atoms with Crippen molar-refractivity contribution < 1.29 is 18.0 Å². The molecule has 1 aliphatic carbocycles. The van der Waals surface area contributed by atoms with E-state index in [9.17, 15) is 18.0 Å². The molecule has 0 saturated heterocycles. The highest BCUT2D eigenvalue weighted by molar-refractivity contribution is 7.98. The number of carbonyl (C=O) groups excluding carboxylic acids is 1.